The number of halogens is 1. The topological polar surface area (TPSA) is 76.8 Å². The van der Waals surface area contributed by atoms with Crippen molar-refractivity contribution < 1.29 is 23.8 Å². The summed E-state index contributed by atoms with van der Waals surface area (Å²) in [5, 5.41) is 16.4. The molecule has 2 saturated heterocycles. The number of hydrogen-bond acceptors (Lipinski definition) is 5. The molecule has 2 aliphatic heterocycles. The Morgan fingerprint density at radius 3 is 2.74 bits per heavy atom. The number of nitrogens with zero attached hydrogens (tertiary/aromatic N) is 3. The summed E-state index contributed by atoms with van der Waals surface area (Å²) >= 11 is 0. The van der Waals surface area contributed by atoms with Crippen molar-refractivity contribution in [3.63, 3.8) is 0 Å². The lowest BCUT2D eigenvalue weighted by atomic mass is 9.77. The Kier molecular flexibility index (Phi) is 5.72. The molecule has 0 spiro atoms. The maximum absolute atomic E-state index is 15.1. The Morgan fingerprint density at radius 2 is 2.10 bits per heavy atom. The average Bonchev–Trinajstić information content (AvgIpc) is 3.09. The van der Waals surface area contributed by atoms with Gasteiger partial charge in [-0.2, -0.15) is 5.10 Å². The second kappa shape index (κ2) is 8.06. The van der Waals surface area contributed by atoms with Gasteiger partial charge in [0, 0.05) is 24.5 Å². The van der Waals surface area contributed by atoms with Gasteiger partial charge in [-0.25, -0.2) is 13.9 Å². The number of rotatable bonds is 2. The second-order valence-electron chi connectivity index (χ2n) is 9.94. The average molecular weight is 434 g/mol. The molecule has 2 aliphatic rings. The molecule has 4 rings (SSSR count). The van der Waals surface area contributed by atoms with Crippen LogP contribution in [-0.4, -0.2) is 56.8 Å². The molecule has 3 unspecified atom stereocenters. The van der Waals surface area contributed by atoms with Crippen LogP contribution in [-0.2, 0) is 9.47 Å². The standard InChI is InChI=1S/C23H32FN3O4/c1-22(2,3)31-21(28)26-9-8-17(23(4,29)14-26)16-12-19-15(11-18(16)24)13-25-27(19)20-7-5-6-10-30-20/h11-13,17,20,29H,5-10,14H2,1-4H3. The molecule has 170 valence electrons. The summed E-state index contributed by atoms with van der Waals surface area (Å²) in [6.45, 7) is 8.23. The predicted molar refractivity (Wildman–Crippen MR) is 114 cm³/mol. The highest BCUT2D eigenvalue weighted by Crippen LogP contribution is 2.39. The van der Waals surface area contributed by atoms with Crippen molar-refractivity contribution in [3.8, 4) is 0 Å². The molecule has 2 aromatic rings. The van der Waals surface area contributed by atoms with E-state index in [2.05, 4.69) is 5.10 Å². The van der Waals surface area contributed by atoms with Crippen molar-refractivity contribution in [1.82, 2.24) is 14.7 Å². The lowest BCUT2D eigenvalue weighted by Gasteiger charge is -2.43. The van der Waals surface area contributed by atoms with Crippen LogP contribution in [0.5, 0.6) is 0 Å². The van der Waals surface area contributed by atoms with E-state index in [0.717, 1.165) is 24.8 Å². The third-order valence-electron chi connectivity index (χ3n) is 6.12. The molecule has 1 aromatic heterocycles. The van der Waals surface area contributed by atoms with E-state index in [1.807, 2.05) is 4.68 Å². The van der Waals surface area contributed by atoms with E-state index >= 15 is 4.39 Å². The van der Waals surface area contributed by atoms with Crippen LogP contribution in [0.1, 0.15) is 71.1 Å². The van der Waals surface area contributed by atoms with Gasteiger partial charge in [0.15, 0.2) is 6.23 Å². The van der Waals surface area contributed by atoms with E-state index in [0.29, 0.717) is 30.5 Å². The smallest absolute Gasteiger partial charge is 0.410 e. The first-order chi connectivity index (χ1) is 14.5. The lowest BCUT2D eigenvalue weighted by Crippen LogP contribution is -2.53. The minimum Gasteiger partial charge on any atom is -0.444 e. The van der Waals surface area contributed by atoms with Crippen LogP contribution in [0.15, 0.2) is 18.3 Å². The fourth-order valence-electron chi connectivity index (χ4n) is 4.64. The Bertz CT molecular complexity index is 960. The fourth-order valence-corrected chi connectivity index (χ4v) is 4.64. The molecule has 31 heavy (non-hydrogen) atoms. The summed E-state index contributed by atoms with van der Waals surface area (Å²) in [6.07, 6.45) is 4.45. The van der Waals surface area contributed by atoms with Gasteiger partial charge in [-0.05, 0) is 71.1 Å². The molecule has 1 amide bonds. The highest BCUT2D eigenvalue weighted by molar-refractivity contribution is 5.80. The number of likely N-dealkylation sites (tertiary alicyclic amines) is 1. The number of hydrogen-bond donors (Lipinski definition) is 1. The number of amides is 1. The largest absolute Gasteiger partial charge is 0.444 e. The number of aliphatic hydroxyl groups is 1. The van der Waals surface area contributed by atoms with Crippen molar-refractivity contribution in [2.24, 2.45) is 0 Å². The van der Waals surface area contributed by atoms with Crippen molar-refractivity contribution in [2.75, 3.05) is 19.7 Å². The van der Waals surface area contributed by atoms with Gasteiger partial charge in [-0.1, -0.05) is 0 Å². The maximum atomic E-state index is 15.1. The van der Waals surface area contributed by atoms with Gasteiger partial charge >= 0.3 is 6.09 Å². The van der Waals surface area contributed by atoms with Gasteiger partial charge in [-0.15, -0.1) is 0 Å². The van der Waals surface area contributed by atoms with E-state index in [4.69, 9.17) is 9.47 Å². The van der Waals surface area contributed by atoms with Crippen LogP contribution in [0, 0.1) is 5.82 Å². The number of piperidine rings is 1. The third-order valence-corrected chi connectivity index (χ3v) is 6.12. The molecule has 0 saturated carbocycles. The molecule has 1 aromatic carbocycles. The fraction of sp³-hybridized carbons (Fsp3) is 0.652. The Hall–Kier alpha value is -2.19. The number of ether oxygens (including phenoxy) is 2. The molecule has 1 N–H and O–H groups in total. The number of aromatic nitrogens is 2. The number of carbonyl (C=O) groups is 1. The number of fused-ring (bicyclic) bond motifs is 1. The zero-order valence-electron chi connectivity index (χ0n) is 18.7. The van der Waals surface area contributed by atoms with Gasteiger partial charge in [-0.3, -0.25) is 0 Å². The minimum atomic E-state index is -1.30. The number of β-amino-alcohol motifs (C(OH)–C–C–N with tert-alkyl or cyclic N) is 1. The second-order valence-corrected chi connectivity index (χ2v) is 9.94. The van der Waals surface area contributed by atoms with Gasteiger partial charge in [0.2, 0.25) is 0 Å². The minimum absolute atomic E-state index is 0.0784. The first-order valence-electron chi connectivity index (χ1n) is 11.0. The van der Waals surface area contributed by atoms with E-state index in [9.17, 15) is 9.90 Å². The Morgan fingerprint density at radius 1 is 1.32 bits per heavy atom. The van der Waals surface area contributed by atoms with E-state index in [1.165, 1.54) is 11.0 Å². The zero-order valence-corrected chi connectivity index (χ0v) is 18.7. The molecule has 3 atom stereocenters. The highest BCUT2D eigenvalue weighted by Gasteiger charge is 2.42. The number of carbonyl (C=O) groups excluding carboxylic acids is 1. The summed E-state index contributed by atoms with van der Waals surface area (Å²) < 4.78 is 28.2. The van der Waals surface area contributed by atoms with Gasteiger partial charge in [0.25, 0.3) is 0 Å². The van der Waals surface area contributed by atoms with Crippen LogP contribution in [0.2, 0.25) is 0 Å². The molecular formula is C23H32FN3O4. The summed E-state index contributed by atoms with van der Waals surface area (Å²) in [4.78, 5) is 14.0. The molecule has 2 fully saturated rings. The van der Waals surface area contributed by atoms with Gasteiger partial charge in [0.05, 0.1) is 23.9 Å². The SMILES string of the molecule is CC(C)(C)OC(=O)N1CCC(c2cc3c(cnn3C3CCCCO3)cc2F)C(C)(O)C1. The van der Waals surface area contributed by atoms with Crippen molar-refractivity contribution in [1.29, 1.82) is 0 Å². The van der Waals surface area contributed by atoms with E-state index < -0.39 is 23.2 Å². The summed E-state index contributed by atoms with van der Waals surface area (Å²) in [7, 11) is 0. The van der Waals surface area contributed by atoms with Crippen molar-refractivity contribution >= 4 is 17.0 Å². The van der Waals surface area contributed by atoms with Crippen LogP contribution < -0.4 is 0 Å². The molecule has 0 bridgehead atoms. The maximum Gasteiger partial charge on any atom is 0.410 e. The Balaban J connectivity index is 1.61. The van der Waals surface area contributed by atoms with Crippen molar-refractivity contribution in [2.45, 2.75) is 76.7 Å². The van der Waals surface area contributed by atoms with Crippen LogP contribution >= 0.6 is 0 Å². The van der Waals surface area contributed by atoms with Crippen LogP contribution in [0.3, 0.4) is 0 Å². The molecule has 0 radical (unpaired) electrons. The summed E-state index contributed by atoms with van der Waals surface area (Å²) in [5.41, 5.74) is -0.667. The molecule has 7 nitrogen and oxygen atoms in total. The van der Waals surface area contributed by atoms with Gasteiger partial charge < -0.3 is 19.5 Å². The first-order valence-corrected chi connectivity index (χ1v) is 11.0. The summed E-state index contributed by atoms with van der Waals surface area (Å²) in [5.74, 6) is -0.821. The monoisotopic (exact) mass is 433 g/mol. The predicted octanol–water partition coefficient (Wildman–Crippen LogP) is 4.35. The highest BCUT2D eigenvalue weighted by atomic mass is 19.1. The van der Waals surface area contributed by atoms with Crippen LogP contribution in [0.25, 0.3) is 10.9 Å². The quantitative estimate of drug-likeness (QED) is 0.762. The zero-order chi connectivity index (χ0) is 22.4. The van der Waals surface area contributed by atoms with Gasteiger partial charge in [0.1, 0.15) is 11.4 Å². The van der Waals surface area contributed by atoms with Crippen LogP contribution in [0.4, 0.5) is 9.18 Å². The van der Waals surface area contributed by atoms with E-state index in [1.54, 1.807) is 40.0 Å². The third kappa shape index (κ3) is 4.55. The van der Waals surface area contributed by atoms with Crippen molar-refractivity contribution in [3.05, 3.63) is 29.7 Å². The van der Waals surface area contributed by atoms with E-state index in [-0.39, 0.29) is 18.6 Å². The normalized spacial score (nSPS) is 27.5. The Labute approximate surface area is 182 Å². The number of benzene rings is 1. The molecule has 0 aliphatic carbocycles. The molecule has 3 heterocycles. The lowest BCUT2D eigenvalue weighted by molar-refractivity contribution is -0.0464. The molecule has 8 heteroatoms. The molecular weight excluding hydrogens is 401 g/mol. The summed E-state index contributed by atoms with van der Waals surface area (Å²) in [6, 6.07) is 3.27. The first kappa shape index (κ1) is 22.0.